The van der Waals surface area contributed by atoms with Crippen LogP contribution in [0.3, 0.4) is 0 Å². The van der Waals surface area contributed by atoms with Gasteiger partial charge in [0.05, 0.1) is 6.54 Å². The van der Waals surface area contributed by atoms with Crippen molar-refractivity contribution in [2.75, 3.05) is 5.32 Å². The second-order valence-electron chi connectivity index (χ2n) is 4.62. The summed E-state index contributed by atoms with van der Waals surface area (Å²) in [5, 5.41) is 3.10. The number of nitrogens with two attached hydrogens (primary N) is 1. The third-order valence-corrected chi connectivity index (χ3v) is 2.97. The molecular weight excluding hydrogens is 361 g/mol. The first-order chi connectivity index (χ1) is 9.15. The Kier molecular flexibility index (Phi) is 6.51. The normalized spacial score (nSPS) is 10.8. The Morgan fingerprint density at radius 3 is 2.55 bits per heavy atom. The van der Waals surface area contributed by atoms with Gasteiger partial charge >= 0.3 is 0 Å². The van der Waals surface area contributed by atoms with Crippen molar-refractivity contribution < 1.29 is 0 Å². The average Bonchev–Trinajstić information content (AvgIpc) is 2.38. The van der Waals surface area contributed by atoms with Crippen LogP contribution in [0.5, 0.6) is 0 Å². The molecule has 0 unspecified atom stereocenters. The molecule has 0 aromatic heterocycles. The summed E-state index contributed by atoms with van der Waals surface area (Å²) in [6.45, 7) is 4.72. The van der Waals surface area contributed by atoms with E-state index in [0.29, 0.717) is 12.5 Å². The van der Waals surface area contributed by atoms with Crippen LogP contribution in [0.25, 0.3) is 0 Å². The third kappa shape index (κ3) is 4.85. The highest BCUT2D eigenvalue weighted by Crippen LogP contribution is 2.10. The molecule has 2 aromatic carbocycles. The summed E-state index contributed by atoms with van der Waals surface area (Å²) >= 11 is 0. The van der Waals surface area contributed by atoms with E-state index in [2.05, 4.69) is 29.4 Å². The van der Waals surface area contributed by atoms with Gasteiger partial charge < -0.3 is 11.1 Å². The van der Waals surface area contributed by atoms with Gasteiger partial charge in [-0.25, -0.2) is 4.99 Å². The van der Waals surface area contributed by atoms with E-state index < -0.39 is 0 Å². The van der Waals surface area contributed by atoms with Crippen molar-refractivity contribution in [3.05, 3.63) is 65.2 Å². The van der Waals surface area contributed by atoms with Crippen LogP contribution in [0, 0.1) is 13.8 Å². The lowest BCUT2D eigenvalue weighted by atomic mass is 10.1. The number of aliphatic imine (C=N–C) groups is 1. The number of rotatable bonds is 3. The Morgan fingerprint density at radius 2 is 1.85 bits per heavy atom. The Labute approximate surface area is 137 Å². The van der Waals surface area contributed by atoms with Crippen LogP contribution in [0.15, 0.2) is 53.5 Å². The summed E-state index contributed by atoms with van der Waals surface area (Å²) < 4.78 is 0. The SMILES string of the molecule is Cc1cccc(NC(N)=NCc2ccccc2C)c1.I. The second-order valence-corrected chi connectivity index (χ2v) is 4.62. The van der Waals surface area contributed by atoms with Gasteiger partial charge in [0.1, 0.15) is 0 Å². The summed E-state index contributed by atoms with van der Waals surface area (Å²) in [6.07, 6.45) is 0. The maximum Gasteiger partial charge on any atom is 0.193 e. The molecule has 0 aliphatic heterocycles. The topological polar surface area (TPSA) is 50.4 Å². The van der Waals surface area contributed by atoms with E-state index in [1.54, 1.807) is 0 Å². The molecule has 0 bridgehead atoms. The fraction of sp³-hybridized carbons (Fsp3) is 0.188. The number of halogens is 1. The van der Waals surface area contributed by atoms with Gasteiger partial charge in [-0.3, -0.25) is 0 Å². The highest BCUT2D eigenvalue weighted by atomic mass is 127. The first-order valence-corrected chi connectivity index (χ1v) is 6.33. The van der Waals surface area contributed by atoms with Gasteiger partial charge in [-0.2, -0.15) is 0 Å². The van der Waals surface area contributed by atoms with Crippen LogP contribution in [0.2, 0.25) is 0 Å². The van der Waals surface area contributed by atoms with Gasteiger partial charge in [0.25, 0.3) is 0 Å². The van der Waals surface area contributed by atoms with Crippen LogP contribution in [-0.2, 0) is 6.54 Å². The molecule has 0 aliphatic rings. The maximum atomic E-state index is 5.89. The molecule has 3 N–H and O–H groups in total. The Morgan fingerprint density at radius 1 is 1.10 bits per heavy atom. The summed E-state index contributed by atoms with van der Waals surface area (Å²) in [6, 6.07) is 16.2. The molecular formula is C16H20IN3. The van der Waals surface area contributed by atoms with E-state index in [-0.39, 0.29) is 24.0 Å². The number of aryl methyl sites for hydroxylation is 2. The summed E-state index contributed by atoms with van der Waals surface area (Å²) in [5.74, 6) is 0.439. The zero-order chi connectivity index (χ0) is 13.7. The van der Waals surface area contributed by atoms with Crippen molar-refractivity contribution in [3.63, 3.8) is 0 Å². The number of nitrogens with one attached hydrogen (secondary N) is 1. The lowest BCUT2D eigenvalue weighted by Gasteiger charge is -2.07. The summed E-state index contributed by atoms with van der Waals surface area (Å²) in [5.41, 5.74) is 10.5. The predicted molar refractivity (Wildman–Crippen MR) is 96.7 cm³/mol. The summed E-state index contributed by atoms with van der Waals surface area (Å²) in [7, 11) is 0. The molecule has 0 fully saturated rings. The quantitative estimate of drug-likeness (QED) is 0.482. The molecule has 0 heterocycles. The third-order valence-electron chi connectivity index (χ3n) is 2.97. The molecule has 0 radical (unpaired) electrons. The number of benzene rings is 2. The van der Waals surface area contributed by atoms with Gasteiger partial charge in [-0.05, 0) is 42.7 Å². The highest BCUT2D eigenvalue weighted by molar-refractivity contribution is 14.0. The number of hydrogen-bond donors (Lipinski definition) is 2. The first-order valence-electron chi connectivity index (χ1n) is 6.33. The molecule has 0 aliphatic carbocycles. The monoisotopic (exact) mass is 381 g/mol. The minimum atomic E-state index is 0. The lowest BCUT2D eigenvalue weighted by Crippen LogP contribution is -2.22. The molecule has 20 heavy (non-hydrogen) atoms. The lowest BCUT2D eigenvalue weighted by molar-refractivity contribution is 1.04. The van der Waals surface area contributed by atoms with Gasteiger partial charge in [-0.1, -0.05) is 36.4 Å². The van der Waals surface area contributed by atoms with Crippen LogP contribution < -0.4 is 11.1 Å². The van der Waals surface area contributed by atoms with E-state index in [0.717, 1.165) is 5.69 Å². The molecule has 0 amide bonds. The van der Waals surface area contributed by atoms with Crippen molar-refractivity contribution in [1.29, 1.82) is 0 Å². The van der Waals surface area contributed by atoms with Crippen molar-refractivity contribution in [2.45, 2.75) is 20.4 Å². The Bertz CT molecular complexity index is 594. The van der Waals surface area contributed by atoms with Gasteiger partial charge in [-0.15, -0.1) is 24.0 Å². The number of nitrogens with zero attached hydrogens (tertiary/aromatic N) is 1. The summed E-state index contributed by atoms with van der Waals surface area (Å²) in [4.78, 5) is 4.36. The second kappa shape index (κ2) is 7.89. The zero-order valence-corrected chi connectivity index (χ0v) is 14.1. The molecule has 2 aromatic rings. The van der Waals surface area contributed by atoms with Crippen LogP contribution in [0.1, 0.15) is 16.7 Å². The van der Waals surface area contributed by atoms with E-state index >= 15 is 0 Å². The van der Waals surface area contributed by atoms with Gasteiger partial charge in [0.2, 0.25) is 0 Å². The maximum absolute atomic E-state index is 5.89. The minimum Gasteiger partial charge on any atom is -0.370 e. The van der Waals surface area contributed by atoms with E-state index in [1.165, 1.54) is 16.7 Å². The van der Waals surface area contributed by atoms with Crippen molar-refractivity contribution in [2.24, 2.45) is 10.7 Å². The zero-order valence-electron chi connectivity index (χ0n) is 11.8. The Hall–Kier alpha value is -1.56. The standard InChI is InChI=1S/C16H19N3.HI/c1-12-6-5-9-15(10-12)19-16(17)18-11-14-8-4-3-7-13(14)2;/h3-10H,11H2,1-2H3,(H3,17,18,19);1H. The fourth-order valence-corrected chi connectivity index (χ4v) is 1.87. The Balaban J connectivity index is 0.00000200. The van der Waals surface area contributed by atoms with Crippen LogP contribution >= 0.6 is 24.0 Å². The first kappa shape index (κ1) is 16.5. The molecule has 106 valence electrons. The van der Waals surface area contributed by atoms with Crippen molar-refractivity contribution >= 4 is 35.6 Å². The van der Waals surface area contributed by atoms with E-state index in [9.17, 15) is 0 Å². The molecule has 0 spiro atoms. The highest BCUT2D eigenvalue weighted by Gasteiger charge is 1.98. The molecule has 0 atom stereocenters. The van der Waals surface area contributed by atoms with Crippen LogP contribution in [-0.4, -0.2) is 5.96 Å². The van der Waals surface area contributed by atoms with E-state index in [4.69, 9.17) is 5.73 Å². The molecule has 3 nitrogen and oxygen atoms in total. The average molecular weight is 381 g/mol. The van der Waals surface area contributed by atoms with Gasteiger partial charge in [0.15, 0.2) is 5.96 Å². The molecule has 2 rings (SSSR count). The molecule has 4 heteroatoms. The van der Waals surface area contributed by atoms with Crippen LogP contribution in [0.4, 0.5) is 5.69 Å². The van der Waals surface area contributed by atoms with Crippen molar-refractivity contribution in [3.8, 4) is 0 Å². The number of guanidine groups is 1. The predicted octanol–water partition coefficient (Wildman–Crippen LogP) is 3.85. The molecule has 0 saturated carbocycles. The number of hydrogen-bond acceptors (Lipinski definition) is 1. The largest absolute Gasteiger partial charge is 0.370 e. The fourth-order valence-electron chi connectivity index (χ4n) is 1.87. The smallest absolute Gasteiger partial charge is 0.193 e. The number of anilines is 1. The van der Waals surface area contributed by atoms with Crippen molar-refractivity contribution in [1.82, 2.24) is 0 Å². The minimum absolute atomic E-state index is 0. The molecule has 0 saturated heterocycles. The van der Waals surface area contributed by atoms with Gasteiger partial charge in [0, 0.05) is 5.69 Å². The van der Waals surface area contributed by atoms with E-state index in [1.807, 2.05) is 43.3 Å².